The van der Waals surface area contributed by atoms with Crippen LogP contribution in [0.2, 0.25) is 5.15 Å². The summed E-state index contributed by atoms with van der Waals surface area (Å²) >= 11 is 6.31. The minimum Gasteiger partial charge on any atom is -0.317 e. The van der Waals surface area contributed by atoms with E-state index in [9.17, 15) is 0 Å². The first-order valence-electron chi connectivity index (χ1n) is 7.95. The van der Waals surface area contributed by atoms with Gasteiger partial charge in [-0.2, -0.15) is 5.10 Å². The molecule has 116 valence electrons. The minimum atomic E-state index is 0.501. The summed E-state index contributed by atoms with van der Waals surface area (Å²) in [5.41, 5.74) is 2.25. The zero-order valence-corrected chi connectivity index (χ0v) is 14.3. The van der Waals surface area contributed by atoms with E-state index in [-0.39, 0.29) is 0 Å². The molecule has 1 aromatic heterocycles. The molecule has 1 heterocycles. The highest BCUT2D eigenvalue weighted by atomic mass is 35.5. The highest BCUT2D eigenvalue weighted by molar-refractivity contribution is 6.30. The maximum atomic E-state index is 6.31. The summed E-state index contributed by atoms with van der Waals surface area (Å²) in [6, 6.07) is 0.501. The Balaban J connectivity index is 2.35. The van der Waals surface area contributed by atoms with Crippen LogP contribution < -0.4 is 5.32 Å². The number of hydrogen-bond donors (Lipinski definition) is 1. The van der Waals surface area contributed by atoms with Crippen LogP contribution in [0.25, 0.3) is 0 Å². The van der Waals surface area contributed by atoms with Gasteiger partial charge in [0.25, 0.3) is 0 Å². The van der Waals surface area contributed by atoms with Crippen molar-refractivity contribution in [2.24, 2.45) is 7.05 Å². The molecule has 0 amide bonds. The number of nitrogens with one attached hydrogen (secondary N) is 1. The van der Waals surface area contributed by atoms with Gasteiger partial charge in [-0.05, 0) is 26.8 Å². The Kier molecular flexibility index (Phi) is 8.24. The number of nitrogens with zero attached hydrogens (tertiary/aromatic N) is 2. The fourth-order valence-electron chi connectivity index (χ4n) is 2.67. The van der Waals surface area contributed by atoms with Gasteiger partial charge in [-0.15, -0.1) is 0 Å². The average Bonchev–Trinajstić information content (AvgIpc) is 2.67. The quantitative estimate of drug-likeness (QED) is 0.654. The molecule has 4 heteroatoms. The molecule has 1 rings (SSSR count). The van der Waals surface area contributed by atoms with Gasteiger partial charge in [0.15, 0.2) is 0 Å². The summed E-state index contributed by atoms with van der Waals surface area (Å²) < 4.78 is 1.77. The van der Waals surface area contributed by atoms with Crippen molar-refractivity contribution in [3.05, 3.63) is 16.4 Å². The van der Waals surface area contributed by atoms with Gasteiger partial charge in [-0.1, -0.05) is 57.0 Å². The molecule has 3 nitrogen and oxygen atoms in total. The number of unbranched alkanes of at least 4 members (excludes halogenated alkanes) is 5. The normalized spacial score (nSPS) is 12.8. The highest BCUT2D eigenvalue weighted by Gasteiger charge is 2.15. The van der Waals surface area contributed by atoms with Crippen molar-refractivity contribution < 1.29 is 0 Å². The van der Waals surface area contributed by atoms with Crippen LogP contribution in [0.3, 0.4) is 0 Å². The molecular formula is C16H30ClN3. The molecule has 0 saturated carbocycles. The number of aromatic nitrogens is 2. The Bertz CT molecular complexity index is 387. The topological polar surface area (TPSA) is 29.9 Å². The van der Waals surface area contributed by atoms with E-state index in [0.29, 0.717) is 6.04 Å². The lowest BCUT2D eigenvalue weighted by Crippen LogP contribution is -2.27. The predicted octanol–water partition coefficient (Wildman–Crippen LogP) is 4.26. The molecule has 0 aromatic carbocycles. The van der Waals surface area contributed by atoms with Crippen molar-refractivity contribution in [2.45, 2.75) is 71.3 Å². The van der Waals surface area contributed by atoms with E-state index in [0.717, 1.165) is 17.3 Å². The van der Waals surface area contributed by atoms with Crippen LogP contribution in [0.4, 0.5) is 0 Å². The minimum absolute atomic E-state index is 0.501. The lowest BCUT2D eigenvalue weighted by Gasteiger charge is -2.16. The molecule has 0 radical (unpaired) electrons. The number of halogens is 1. The first-order chi connectivity index (χ1) is 9.60. The molecule has 0 saturated heterocycles. The van der Waals surface area contributed by atoms with Gasteiger partial charge in [0.05, 0.1) is 5.69 Å². The molecule has 0 aliphatic rings. The van der Waals surface area contributed by atoms with Crippen molar-refractivity contribution in [1.29, 1.82) is 0 Å². The van der Waals surface area contributed by atoms with Crippen molar-refractivity contribution in [3.63, 3.8) is 0 Å². The van der Waals surface area contributed by atoms with Crippen LogP contribution in [-0.2, 0) is 13.5 Å². The average molecular weight is 300 g/mol. The predicted molar refractivity (Wildman–Crippen MR) is 87.5 cm³/mol. The molecule has 0 aliphatic carbocycles. The summed E-state index contributed by atoms with van der Waals surface area (Å²) in [4.78, 5) is 0. The molecule has 1 unspecified atom stereocenters. The molecule has 0 aliphatic heterocycles. The Hall–Kier alpha value is -0.540. The Labute approximate surface area is 129 Å². The Morgan fingerprint density at radius 2 is 1.85 bits per heavy atom. The van der Waals surface area contributed by atoms with E-state index < -0.39 is 0 Å². The van der Waals surface area contributed by atoms with Crippen LogP contribution >= 0.6 is 11.6 Å². The fourth-order valence-corrected chi connectivity index (χ4v) is 2.92. The lowest BCUT2D eigenvalue weighted by atomic mass is 10.00. The van der Waals surface area contributed by atoms with E-state index in [4.69, 9.17) is 11.6 Å². The standard InChI is InChI=1S/C16H30ClN3/c1-5-6-7-8-9-10-11-14(18-3)12-15-13(2)19-20(4)16(15)17/h14,18H,5-12H2,1-4H3. The number of rotatable bonds is 10. The molecule has 0 spiro atoms. The van der Waals surface area contributed by atoms with Gasteiger partial charge in [0.1, 0.15) is 5.15 Å². The molecule has 1 aromatic rings. The third-order valence-corrected chi connectivity index (χ3v) is 4.51. The largest absolute Gasteiger partial charge is 0.317 e. The monoisotopic (exact) mass is 299 g/mol. The summed E-state index contributed by atoms with van der Waals surface area (Å²) in [6.07, 6.45) is 10.3. The summed E-state index contributed by atoms with van der Waals surface area (Å²) in [7, 11) is 3.95. The van der Waals surface area contributed by atoms with E-state index in [1.54, 1.807) is 4.68 Å². The van der Waals surface area contributed by atoms with Crippen LogP contribution in [0.15, 0.2) is 0 Å². The fraction of sp³-hybridized carbons (Fsp3) is 0.812. The van der Waals surface area contributed by atoms with Gasteiger partial charge in [-0.3, -0.25) is 4.68 Å². The van der Waals surface area contributed by atoms with Crippen molar-refractivity contribution >= 4 is 11.6 Å². The molecule has 0 fully saturated rings. The smallest absolute Gasteiger partial charge is 0.130 e. The highest BCUT2D eigenvalue weighted by Crippen LogP contribution is 2.21. The first-order valence-corrected chi connectivity index (χ1v) is 8.33. The van der Waals surface area contributed by atoms with Crippen LogP contribution in [-0.4, -0.2) is 22.9 Å². The van der Waals surface area contributed by atoms with Gasteiger partial charge in [0.2, 0.25) is 0 Å². The number of aryl methyl sites for hydroxylation is 2. The summed E-state index contributed by atoms with van der Waals surface area (Å²) in [5.74, 6) is 0. The lowest BCUT2D eigenvalue weighted by molar-refractivity contribution is 0.479. The van der Waals surface area contributed by atoms with Crippen molar-refractivity contribution in [2.75, 3.05) is 7.05 Å². The second-order valence-corrected chi connectivity index (χ2v) is 6.08. The van der Waals surface area contributed by atoms with Gasteiger partial charge < -0.3 is 5.32 Å². The summed E-state index contributed by atoms with van der Waals surface area (Å²) in [6.45, 7) is 4.30. The Morgan fingerprint density at radius 3 is 2.40 bits per heavy atom. The van der Waals surface area contributed by atoms with Crippen LogP contribution in [0.5, 0.6) is 0 Å². The SMILES string of the molecule is CCCCCCCCC(Cc1c(C)nn(C)c1Cl)NC. The molecular weight excluding hydrogens is 270 g/mol. The van der Waals surface area contributed by atoms with E-state index in [1.807, 2.05) is 21.0 Å². The molecule has 0 bridgehead atoms. The maximum Gasteiger partial charge on any atom is 0.130 e. The molecule has 20 heavy (non-hydrogen) atoms. The van der Waals surface area contributed by atoms with Gasteiger partial charge in [0, 0.05) is 18.7 Å². The van der Waals surface area contributed by atoms with Crippen molar-refractivity contribution in [1.82, 2.24) is 15.1 Å². The Morgan fingerprint density at radius 1 is 1.20 bits per heavy atom. The van der Waals surface area contributed by atoms with E-state index in [1.165, 1.54) is 50.5 Å². The van der Waals surface area contributed by atoms with Gasteiger partial charge in [-0.25, -0.2) is 0 Å². The first kappa shape index (κ1) is 17.5. The molecule has 1 N–H and O–H groups in total. The van der Waals surface area contributed by atoms with E-state index >= 15 is 0 Å². The zero-order valence-electron chi connectivity index (χ0n) is 13.5. The van der Waals surface area contributed by atoms with E-state index in [2.05, 4.69) is 17.3 Å². The second-order valence-electron chi connectivity index (χ2n) is 5.72. The van der Waals surface area contributed by atoms with Crippen LogP contribution in [0, 0.1) is 6.92 Å². The number of likely N-dealkylation sites (N-methyl/N-ethyl adjacent to an activating group) is 1. The van der Waals surface area contributed by atoms with Crippen LogP contribution in [0.1, 0.15) is 63.1 Å². The number of hydrogen-bond acceptors (Lipinski definition) is 2. The third-order valence-electron chi connectivity index (χ3n) is 4.03. The second kappa shape index (κ2) is 9.41. The zero-order chi connectivity index (χ0) is 15.0. The third kappa shape index (κ3) is 5.45. The van der Waals surface area contributed by atoms with Gasteiger partial charge >= 0.3 is 0 Å². The van der Waals surface area contributed by atoms with Crippen molar-refractivity contribution in [3.8, 4) is 0 Å². The summed E-state index contributed by atoms with van der Waals surface area (Å²) in [5, 5.41) is 8.59. The molecule has 1 atom stereocenters. The maximum absolute atomic E-state index is 6.31.